The molecule has 2 aromatic rings. The third-order valence-electron chi connectivity index (χ3n) is 6.15. The Balaban J connectivity index is 1.60. The van der Waals surface area contributed by atoms with E-state index in [2.05, 4.69) is 62.4 Å². The van der Waals surface area contributed by atoms with Crippen molar-refractivity contribution >= 4 is 0 Å². The van der Waals surface area contributed by atoms with Crippen LogP contribution in [0.2, 0.25) is 0 Å². The lowest BCUT2D eigenvalue weighted by Gasteiger charge is -2.29. The summed E-state index contributed by atoms with van der Waals surface area (Å²) in [5, 5.41) is 0. The van der Waals surface area contributed by atoms with E-state index in [1.54, 1.807) is 5.56 Å². The second kappa shape index (κ2) is 9.22. The molecule has 0 bridgehead atoms. The van der Waals surface area contributed by atoms with Crippen molar-refractivity contribution < 1.29 is 0 Å². The smallest absolute Gasteiger partial charge is 0.0152 e. The molecule has 0 saturated heterocycles. The van der Waals surface area contributed by atoms with Gasteiger partial charge >= 0.3 is 0 Å². The molecule has 0 aliphatic heterocycles. The monoisotopic (exact) mass is 334 g/mol. The Bertz CT molecular complexity index is 629. The molecule has 0 radical (unpaired) electrons. The van der Waals surface area contributed by atoms with Gasteiger partial charge in [0.05, 0.1) is 0 Å². The quantitative estimate of drug-likeness (QED) is 0.454. The van der Waals surface area contributed by atoms with Gasteiger partial charge in [-0.3, -0.25) is 0 Å². The molecule has 0 spiro atoms. The first kappa shape index (κ1) is 18.2. The van der Waals surface area contributed by atoms with Gasteiger partial charge in [0.1, 0.15) is 0 Å². The number of unbranched alkanes of at least 4 members (excludes halogenated alkanes) is 2. The molecule has 0 unspecified atom stereocenters. The van der Waals surface area contributed by atoms with Crippen molar-refractivity contribution in [3.8, 4) is 11.1 Å². The molecule has 25 heavy (non-hydrogen) atoms. The summed E-state index contributed by atoms with van der Waals surface area (Å²) in [6.45, 7) is 4.55. The lowest BCUT2D eigenvalue weighted by atomic mass is 9.77. The van der Waals surface area contributed by atoms with Crippen LogP contribution in [0.4, 0.5) is 0 Å². The Morgan fingerprint density at radius 3 is 2.20 bits per heavy atom. The molecule has 3 rings (SSSR count). The highest BCUT2D eigenvalue weighted by atomic mass is 14.3. The van der Waals surface area contributed by atoms with Gasteiger partial charge in [-0.15, -0.1) is 0 Å². The molecule has 0 atom stereocenters. The van der Waals surface area contributed by atoms with Crippen LogP contribution < -0.4 is 0 Å². The van der Waals surface area contributed by atoms with E-state index in [1.165, 1.54) is 68.1 Å². The van der Waals surface area contributed by atoms with Crippen molar-refractivity contribution in [1.29, 1.82) is 0 Å². The topological polar surface area (TPSA) is 0 Å². The van der Waals surface area contributed by atoms with Crippen LogP contribution in [0, 0.1) is 5.92 Å². The average Bonchev–Trinajstić information content (AvgIpc) is 2.69. The molecular weight excluding hydrogens is 300 g/mol. The fraction of sp³-hybridized carbons (Fsp3) is 0.520. The Kier molecular flexibility index (Phi) is 6.73. The molecule has 0 amide bonds. The molecule has 0 N–H and O–H groups in total. The summed E-state index contributed by atoms with van der Waals surface area (Å²) in [6.07, 6.45) is 12.4. The minimum absolute atomic E-state index is 0.790. The van der Waals surface area contributed by atoms with Crippen LogP contribution in [0.25, 0.3) is 11.1 Å². The van der Waals surface area contributed by atoms with E-state index in [4.69, 9.17) is 0 Å². The lowest BCUT2D eigenvalue weighted by Crippen LogP contribution is -2.13. The van der Waals surface area contributed by atoms with Gasteiger partial charge in [0, 0.05) is 0 Å². The van der Waals surface area contributed by atoms with Crippen molar-refractivity contribution in [2.24, 2.45) is 5.92 Å². The van der Waals surface area contributed by atoms with Crippen molar-refractivity contribution in [3.05, 3.63) is 59.7 Å². The van der Waals surface area contributed by atoms with Crippen LogP contribution in [0.3, 0.4) is 0 Å². The molecular formula is C25H34. The molecule has 0 heterocycles. The van der Waals surface area contributed by atoms with Gasteiger partial charge in [-0.2, -0.15) is 0 Å². The summed E-state index contributed by atoms with van der Waals surface area (Å²) in [6, 6.07) is 18.3. The number of rotatable bonds is 7. The zero-order valence-electron chi connectivity index (χ0n) is 16.1. The Hall–Kier alpha value is -1.56. The molecule has 0 nitrogen and oxygen atoms in total. The highest BCUT2D eigenvalue weighted by molar-refractivity contribution is 5.67. The van der Waals surface area contributed by atoms with Crippen LogP contribution in [0.1, 0.15) is 82.3 Å². The summed E-state index contributed by atoms with van der Waals surface area (Å²) in [5.74, 6) is 1.79. The summed E-state index contributed by atoms with van der Waals surface area (Å²) < 4.78 is 0. The van der Waals surface area contributed by atoms with Crippen LogP contribution >= 0.6 is 0 Å². The average molecular weight is 335 g/mol. The predicted octanol–water partition coefficient (Wildman–Crippen LogP) is 7.77. The molecule has 1 fully saturated rings. The summed E-state index contributed by atoms with van der Waals surface area (Å²) >= 11 is 0. The highest BCUT2D eigenvalue weighted by Crippen LogP contribution is 2.38. The van der Waals surface area contributed by atoms with E-state index >= 15 is 0 Å². The SMILES string of the molecule is CCCCC[C@H]1CC[C@H](c2ccc(-c3ccccc3CC)cc2)CC1. The number of aryl methyl sites for hydroxylation is 1. The van der Waals surface area contributed by atoms with E-state index in [-0.39, 0.29) is 0 Å². The van der Waals surface area contributed by atoms with Crippen LogP contribution in [-0.4, -0.2) is 0 Å². The van der Waals surface area contributed by atoms with Crippen LogP contribution in [0.5, 0.6) is 0 Å². The zero-order chi connectivity index (χ0) is 17.5. The minimum atomic E-state index is 0.790. The molecule has 1 saturated carbocycles. The van der Waals surface area contributed by atoms with E-state index in [9.17, 15) is 0 Å². The zero-order valence-corrected chi connectivity index (χ0v) is 16.1. The summed E-state index contributed by atoms with van der Waals surface area (Å²) in [4.78, 5) is 0. The van der Waals surface area contributed by atoms with E-state index in [1.807, 2.05) is 0 Å². The highest BCUT2D eigenvalue weighted by Gasteiger charge is 2.22. The van der Waals surface area contributed by atoms with E-state index < -0.39 is 0 Å². The molecule has 0 heteroatoms. The van der Waals surface area contributed by atoms with Crippen molar-refractivity contribution in [2.45, 2.75) is 77.6 Å². The van der Waals surface area contributed by atoms with Gasteiger partial charge in [-0.25, -0.2) is 0 Å². The fourth-order valence-corrected chi connectivity index (χ4v) is 4.51. The molecule has 1 aliphatic rings. The molecule has 134 valence electrons. The largest absolute Gasteiger partial charge is 0.0654 e. The van der Waals surface area contributed by atoms with Gasteiger partial charge in [-0.1, -0.05) is 88.1 Å². The first-order valence-electron chi connectivity index (χ1n) is 10.5. The van der Waals surface area contributed by atoms with Crippen LogP contribution in [-0.2, 0) is 6.42 Å². The Morgan fingerprint density at radius 2 is 1.52 bits per heavy atom. The normalized spacial score (nSPS) is 20.6. The molecule has 0 aromatic heterocycles. The van der Waals surface area contributed by atoms with Crippen molar-refractivity contribution in [2.75, 3.05) is 0 Å². The standard InChI is InChI=1S/C25H34/c1-3-5-6-9-20-12-14-22(15-13-20)23-16-18-24(19-17-23)25-11-8-7-10-21(25)4-2/h7-8,10-11,16-20,22H,3-6,9,12-15H2,1-2H3/t20-,22-. The minimum Gasteiger partial charge on any atom is -0.0654 e. The van der Waals surface area contributed by atoms with Crippen molar-refractivity contribution in [3.63, 3.8) is 0 Å². The maximum absolute atomic E-state index is 2.39. The summed E-state index contributed by atoms with van der Waals surface area (Å²) in [5.41, 5.74) is 5.78. The third-order valence-corrected chi connectivity index (χ3v) is 6.15. The van der Waals surface area contributed by atoms with Crippen molar-refractivity contribution in [1.82, 2.24) is 0 Å². The van der Waals surface area contributed by atoms with E-state index in [0.29, 0.717) is 0 Å². The summed E-state index contributed by atoms with van der Waals surface area (Å²) in [7, 11) is 0. The number of hydrogen-bond donors (Lipinski definition) is 0. The second-order valence-electron chi connectivity index (χ2n) is 7.85. The number of hydrogen-bond acceptors (Lipinski definition) is 0. The Morgan fingerprint density at radius 1 is 0.800 bits per heavy atom. The van der Waals surface area contributed by atoms with Gasteiger partial charge in [0.25, 0.3) is 0 Å². The predicted molar refractivity (Wildman–Crippen MR) is 110 cm³/mol. The maximum Gasteiger partial charge on any atom is -0.0152 e. The van der Waals surface area contributed by atoms with Crippen LogP contribution in [0.15, 0.2) is 48.5 Å². The maximum atomic E-state index is 2.39. The molecule has 2 aromatic carbocycles. The molecule has 1 aliphatic carbocycles. The number of benzene rings is 2. The third kappa shape index (κ3) is 4.75. The van der Waals surface area contributed by atoms with Gasteiger partial charge < -0.3 is 0 Å². The lowest BCUT2D eigenvalue weighted by molar-refractivity contribution is 0.303. The Labute approximate surface area is 154 Å². The first-order valence-corrected chi connectivity index (χ1v) is 10.5. The van der Waals surface area contributed by atoms with Gasteiger partial charge in [-0.05, 0) is 66.2 Å². The van der Waals surface area contributed by atoms with Gasteiger partial charge in [0.2, 0.25) is 0 Å². The fourth-order valence-electron chi connectivity index (χ4n) is 4.51. The van der Waals surface area contributed by atoms with E-state index in [0.717, 1.165) is 18.3 Å². The second-order valence-corrected chi connectivity index (χ2v) is 7.85. The first-order chi connectivity index (χ1) is 12.3. The van der Waals surface area contributed by atoms with Gasteiger partial charge in [0.15, 0.2) is 0 Å².